The average Bonchev–Trinajstić information content (AvgIpc) is 3.35. The number of piperazine rings is 1. The van der Waals surface area contributed by atoms with Crippen molar-refractivity contribution in [2.45, 2.75) is 24.8 Å². The first-order chi connectivity index (χ1) is 13.1. The van der Waals surface area contributed by atoms with Gasteiger partial charge in [0.2, 0.25) is 11.8 Å². The molecular formula is C21H25N3O2S. The number of rotatable bonds is 4. The van der Waals surface area contributed by atoms with E-state index in [2.05, 4.69) is 17.0 Å². The number of anilines is 1. The van der Waals surface area contributed by atoms with Crippen molar-refractivity contribution in [3.8, 4) is 0 Å². The average molecular weight is 384 g/mol. The molecule has 5 nitrogen and oxygen atoms in total. The van der Waals surface area contributed by atoms with E-state index in [0.717, 1.165) is 25.1 Å². The predicted octanol–water partition coefficient (Wildman–Crippen LogP) is 2.63. The van der Waals surface area contributed by atoms with Crippen molar-refractivity contribution in [1.82, 2.24) is 9.80 Å². The second-order valence-corrected chi connectivity index (χ2v) is 8.37. The van der Waals surface area contributed by atoms with Crippen LogP contribution in [0.3, 0.4) is 0 Å². The lowest BCUT2D eigenvalue weighted by Crippen LogP contribution is -2.64. The zero-order chi connectivity index (χ0) is 18.9. The smallest absolute Gasteiger partial charge is 0.241 e. The van der Waals surface area contributed by atoms with Gasteiger partial charge in [0.25, 0.3) is 0 Å². The highest BCUT2D eigenvalue weighted by atomic mass is 32.1. The standard InChI is InChI=1S/C21H25N3O2S/c1-22-13-20(26)24(18-9-12-27-14-18)16-21(22)10-11-23(15-21)19(25)8-7-17-5-3-2-4-6-17/h2-6,9,12,14H,7-8,10-11,13,15-16H2,1H3. The molecule has 2 saturated heterocycles. The fraction of sp³-hybridized carbons (Fsp3) is 0.429. The maximum Gasteiger partial charge on any atom is 0.241 e. The van der Waals surface area contributed by atoms with E-state index in [0.29, 0.717) is 26.1 Å². The summed E-state index contributed by atoms with van der Waals surface area (Å²) in [5.74, 6) is 0.346. The maximum atomic E-state index is 12.8. The second kappa shape index (κ2) is 7.44. The van der Waals surface area contributed by atoms with Gasteiger partial charge >= 0.3 is 0 Å². The molecule has 2 amide bonds. The minimum Gasteiger partial charge on any atom is -0.341 e. The van der Waals surface area contributed by atoms with Crippen LogP contribution in [0.15, 0.2) is 47.2 Å². The lowest BCUT2D eigenvalue weighted by atomic mass is 9.93. The Bertz CT molecular complexity index is 808. The largest absolute Gasteiger partial charge is 0.341 e. The molecule has 3 heterocycles. The quantitative estimate of drug-likeness (QED) is 0.815. The van der Waals surface area contributed by atoms with Crippen LogP contribution in [0.5, 0.6) is 0 Å². The Morgan fingerprint density at radius 1 is 1.19 bits per heavy atom. The number of aryl methyl sites for hydroxylation is 1. The molecule has 1 atom stereocenters. The van der Waals surface area contributed by atoms with E-state index in [-0.39, 0.29) is 17.4 Å². The molecule has 2 aliphatic rings. The minimum absolute atomic E-state index is 0.135. The van der Waals surface area contributed by atoms with Crippen molar-refractivity contribution < 1.29 is 9.59 Å². The molecule has 27 heavy (non-hydrogen) atoms. The van der Waals surface area contributed by atoms with E-state index >= 15 is 0 Å². The highest BCUT2D eigenvalue weighted by Gasteiger charge is 2.48. The molecule has 1 aromatic heterocycles. The van der Waals surface area contributed by atoms with E-state index < -0.39 is 0 Å². The fourth-order valence-electron chi connectivity index (χ4n) is 4.17. The number of thiophene rings is 1. The lowest BCUT2D eigenvalue weighted by molar-refractivity contribution is -0.130. The van der Waals surface area contributed by atoms with Gasteiger partial charge < -0.3 is 9.80 Å². The zero-order valence-corrected chi connectivity index (χ0v) is 16.5. The molecule has 0 N–H and O–H groups in total. The highest BCUT2D eigenvalue weighted by molar-refractivity contribution is 7.08. The topological polar surface area (TPSA) is 43.9 Å². The number of hydrogen-bond donors (Lipinski definition) is 0. The van der Waals surface area contributed by atoms with Crippen LogP contribution in [-0.2, 0) is 16.0 Å². The summed E-state index contributed by atoms with van der Waals surface area (Å²) in [4.78, 5) is 31.3. The van der Waals surface area contributed by atoms with Crippen molar-refractivity contribution >= 4 is 28.8 Å². The van der Waals surface area contributed by atoms with Crippen molar-refractivity contribution in [3.05, 3.63) is 52.7 Å². The number of benzene rings is 1. The Kier molecular flexibility index (Phi) is 5.02. The molecule has 1 unspecified atom stereocenters. The van der Waals surface area contributed by atoms with Gasteiger partial charge in [-0.1, -0.05) is 30.3 Å². The van der Waals surface area contributed by atoms with Crippen LogP contribution in [0.25, 0.3) is 0 Å². The molecule has 2 aliphatic heterocycles. The summed E-state index contributed by atoms with van der Waals surface area (Å²) >= 11 is 1.60. The summed E-state index contributed by atoms with van der Waals surface area (Å²) in [6, 6.07) is 12.2. The monoisotopic (exact) mass is 383 g/mol. The minimum atomic E-state index is -0.141. The molecule has 2 fully saturated rings. The highest BCUT2D eigenvalue weighted by Crippen LogP contribution is 2.34. The van der Waals surface area contributed by atoms with Crippen molar-refractivity contribution in [2.24, 2.45) is 0 Å². The zero-order valence-electron chi connectivity index (χ0n) is 15.6. The predicted molar refractivity (Wildman–Crippen MR) is 108 cm³/mol. The van der Waals surface area contributed by atoms with Gasteiger partial charge in [-0.15, -0.1) is 0 Å². The first-order valence-corrected chi connectivity index (χ1v) is 10.4. The Labute approximate surface area is 164 Å². The number of hydrogen-bond acceptors (Lipinski definition) is 4. The van der Waals surface area contributed by atoms with Crippen LogP contribution < -0.4 is 4.90 Å². The summed E-state index contributed by atoms with van der Waals surface area (Å²) in [5.41, 5.74) is 2.04. The molecular weight excluding hydrogens is 358 g/mol. The first-order valence-electron chi connectivity index (χ1n) is 9.43. The Morgan fingerprint density at radius 2 is 2.00 bits per heavy atom. The first kappa shape index (κ1) is 18.2. The maximum absolute atomic E-state index is 12.8. The lowest BCUT2D eigenvalue weighted by Gasteiger charge is -2.46. The van der Waals surface area contributed by atoms with Gasteiger partial charge in [0, 0.05) is 31.4 Å². The SMILES string of the molecule is CN1CC(=O)N(c2ccsc2)CC12CCN(C(=O)CCc1ccccc1)C2. The van der Waals surface area contributed by atoms with E-state index in [1.165, 1.54) is 5.56 Å². The van der Waals surface area contributed by atoms with Gasteiger partial charge in [0.05, 0.1) is 17.8 Å². The summed E-state index contributed by atoms with van der Waals surface area (Å²) < 4.78 is 0. The molecule has 1 spiro atoms. The van der Waals surface area contributed by atoms with Gasteiger partial charge in [0.15, 0.2) is 0 Å². The van der Waals surface area contributed by atoms with Crippen LogP contribution in [0.1, 0.15) is 18.4 Å². The van der Waals surface area contributed by atoms with Crippen LogP contribution in [-0.4, -0.2) is 60.4 Å². The Morgan fingerprint density at radius 3 is 2.74 bits per heavy atom. The molecule has 6 heteroatoms. The van der Waals surface area contributed by atoms with Crippen LogP contribution in [0, 0.1) is 0 Å². The van der Waals surface area contributed by atoms with E-state index in [1.807, 2.05) is 51.9 Å². The number of carbonyl (C=O) groups excluding carboxylic acids is 2. The van der Waals surface area contributed by atoms with Crippen LogP contribution >= 0.6 is 11.3 Å². The molecule has 142 valence electrons. The van der Waals surface area contributed by atoms with Crippen LogP contribution in [0.4, 0.5) is 5.69 Å². The summed E-state index contributed by atoms with van der Waals surface area (Å²) in [5, 5.41) is 4.02. The Balaban J connectivity index is 1.42. The number of nitrogens with zero attached hydrogens (tertiary/aromatic N) is 3. The number of amides is 2. The molecule has 0 bridgehead atoms. The third-order valence-electron chi connectivity index (χ3n) is 5.91. The third kappa shape index (κ3) is 3.64. The molecule has 0 saturated carbocycles. The number of likely N-dealkylation sites (N-methyl/N-ethyl adjacent to an activating group) is 1. The molecule has 2 aromatic rings. The van der Waals surface area contributed by atoms with Crippen molar-refractivity contribution in [2.75, 3.05) is 38.1 Å². The van der Waals surface area contributed by atoms with E-state index in [4.69, 9.17) is 0 Å². The van der Waals surface area contributed by atoms with Crippen molar-refractivity contribution in [1.29, 1.82) is 0 Å². The van der Waals surface area contributed by atoms with E-state index in [9.17, 15) is 9.59 Å². The van der Waals surface area contributed by atoms with Gasteiger partial charge in [0.1, 0.15) is 0 Å². The van der Waals surface area contributed by atoms with Crippen LogP contribution in [0.2, 0.25) is 0 Å². The summed E-state index contributed by atoms with van der Waals surface area (Å²) in [7, 11) is 2.01. The van der Waals surface area contributed by atoms with E-state index in [1.54, 1.807) is 11.3 Å². The van der Waals surface area contributed by atoms with Gasteiger partial charge in [-0.3, -0.25) is 14.5 Å². The normalized spacial score (nSPS) is 23.4. The molecule has 4 rings (SSSR count). The molecule has 0 radical (unpaired) electrons. The van der Waals surface area contributed by atoms with Gasteiger partial charge in [-0.2, -0.15) is 11.3 Å². The molecule has 1 aromatic carbocycles. The second-order valence-electron chi connectivity index (χ2n) is 7.59. The molecule has 0 aliphatic carbocycles. The fourth-order valence-corrected chi connectivity index (χ4v) is 4.81. The summed E-state index contributed by atoms with van der Waals surface area (Å²) in [6.45, 7) is 2.53. The number of carbonyl (C=O) groups is 2. The van der Waals surface area contributed by atoms with Gasteiger partial charge in [-0.05, 0) is 36.9 Å². The third-order valence-corrected chi connectivity index (χ3v) is 6.58. The Hall–Kier alpha value is -2.18. The number of likely N-dealkylation sites (tertiary alicyclic amines) is 1. The summed E-state index contributed by atoms with van der Waals surface area (Å²) in [6.07, 6.45) is 2.23. The van der Waals surface area contributed by atoms with Gasteiger partial charge in [-0.25, -0.2) is 0 Å². The van der Waals surface area contributed by atoms with Crippen molar-refractivity contribution in [3.63, 3.8) is 0 Å².